The first kappa shape index (κ1) is 24.7. The van der Waals surface area contributed by atoms with Crippen LogP contribution in [0.3, 0.4) is 0 Å². The second-order valence-electron chi connectivity index (χ2n) is 7.33. The van der Waals surface area contributed by atoms with Gasteiger partial charge in [-0.2, -0.15) is 0 Å². The maximum Gasteiger partial charge on any atom is 0.328 e. The molecule has 2 aromatic rings. The van der Waals surface area contributed by atoms with E-state index in [0.717, 1.165) is 0 Å². The van der Waals surface area contributed by atoms with E-state index >= 15 is 0 Å². The second kappa shape index (κ2) is 11.2. The molecule has 0 spiro atoms. The van der Waals surface area contributed by atoms with Gasteiger partial charge in [0.2, 0.25) is 0 Å². The molecule has 0 aliphatic carbocycles. The van der Waals surface area contributed by atoms with Gasteiger partial charge in [0.1, 0.15) is 34.7 Å². The summed E-state index contributed by atoms with van der Waals surface area (Å²) in [4.78, 5) is 16.8. The lowest BCUT2D eigenvalue weighted by Gasteiger charge is -2.29. The summed E-state index contributed by atoms with van der Waals surface area (Å²) in [6.07, 6.45) is 0.562. The highest BCUT2D eigenvalue weighted by Crippen LogP contribution is 2.28. The average Bonchev–Trinajstić information content (AvgIpc) is 2.72. The Morgan fingerprint density at radius 2 is 1.81 bits per heavy atom. The standard InChI is InChI=1S/C22H27ClN2O5S/c1-12(2)20(30-16-8-6-15(23)7-9-16)14(4)29-22(27)13(3)25-21(31)18-19(26)17(28-5)10-11-24-18/h6-14,20,26H,1-5H3,(H,25,31)/t13-,14-,20+/m0/s1. The van der Waals surface area contributed by atoms with Gasteiger partial charge >= 0.3 is 5.97 Å². The number of benzene rings is 1. The Balaban J connectivity index is 2.01. The molecule has 2 N–H and O–H groups in total. The molecule has 0 saturated carbocycles. The van der Waals surface area contributed by atoms with E-state index < -0.39 is 18.1 Å². The van der Waals surface area contributed by atoms with E-state index in [0.29, 0.717) is 10.8 Å². The van der Waals surface area contributed by atoms with E-state index in [1.54, 1.807) is 38.1 Å². The third-order valence-electron chi connectivity index (χ3n) is 4.53. The lowest BCUT2D eigenvalue weighted by atomic mass is 10.0. The van der Waals surface area contributed by atoms with Crippen molar-refractivity contribution in [2.75, 3.05) is 7.11 Å². The normalized spacial score (nSPS) is 13.8. The van der Waals surface area contributed by atoms with Gasteiger partial charge in [-0.05, 0) is 44.0 Å². The predicted molar refractivity (Wildman–Crippen MR) is 123 cm³/mol. The average molecular weight is 467 g/mol. The van der Waals surface area contributed by atoms with Crippen molar-refractivity contribution in [3.63, 3.8) is 0 Å². The molecule has 0 saturated heterocycles. The van der Waals surface area contributed by atoms with Crippen LogP contribution < -0.4 is 14.8 Å². The summed E-state index contributed by atoms with van der Waals surface area (Å²) >= 11 is 11.2. The number of rotatable bonds is 9. The molecule has 0 unspecified atom stereocenters. The van der Waals surface area contributed by atoms with Gasteiger partial charge in [-0.1, -0.05) is 37.7 Å². The lowest BCUT2D eigenvalue weighted by Crippen LogP contribution is -2.44. The van der Waals surface area contributed by atoms with Gasteiger partial charge in [0.05, 0.1) is 7.11 Å². The number of halogens is 1. The Morgan fingerprint density at radius 3 is 2.39 bits per heavy atom. The fraction of sp³-hybridized carbons (Fsp3) is 0.409. The third kappa shape index (κ3) is 6.70. The Labute approximate surface area is 192 Å². The topological polar surface area (TPSA) is 89.9 Å². The van der Waals surface area contributed by atoms with Gasteiger partial charge < -0.3 is 24.6 Å². The number of aromatic hydroxyl groups is 1. The summed E-state index contributed by atoms with van der Waals surface area (Å²) < 4.78 is 16.7. The number of ether oxygens (including phenoxy) is 3. The zero-order valence-electron chi connectivity index (χ0n) is 18.1. The highest BCUT2D eigenvalue weighted by atomic mass is 35.5. The number of hydrogen-bond acceptors (Lipinski definition) is 7. The summed E-state index contributed by atoms with van der Waals surface area (Å²) in [5, 5.41) is 13.6. The Hall–Kier alpha value is -2.58. The van der Waals surface area contributed by atoms with Crippen molar-refractivity contribution in [3.05, 3.63) is 47.2 Å². The van der Waals surface area contributed by atoms with Crippen molar-refractivity contribution < 1.29 is 24.1 Å². The maximum atomic E-state index is 12.6. The third-order valence-corrected chi connectivity index (χ3v) is 5.09. The number of nitrogens with zero attached hydrogens (tertiary/aromatic N) is 1. The SMILES string of the molecule is COc1ccnc(C(=S)N[C@@H](C)C(=O)O[C@@H](C)[C@H](Oc2ccc(Cl)cc2)C(C)C)c1O. The van der Waals surface area contributed by atoms with Gasteiger partial charge in [-0.25, -0.2) is 9.78 Å². The molecule has 3 atom stereocenters. The fourth-order valence-electron chi connectivity index (χ4n) is 2.89. The van der Waals surface area contributed by atoms with E-state index in [4.69, 9.17) is 38.0 Å². The molecule has 2 rings (SSSR count). The number of esters is 1. The van der Waals surface area contributed by atoms with Crippen LogP contribution in [0.4, 0.5) is 0 Å². The number of pyridine rings is 1. The molecule has 1 heterocycles. The lowest BCUT2D eigenvalue weighted by molar-refractivity contribution is -0.155. The monoisotopic (exact) mass is 466 g/mol. The number of aromatic nitrogens is 1. The quantitative estimate of drug-likeness (QED) is 0.421. The van der Waals surface area contributed by atoms with E-state index in [-0.39, 0.29) is 34.2 Å². The van der Waals surface area contributed by atoms with E-state index in [1.807, 2.05) is 13.8 Å². The molecule has 9 heteroatoms. The summed E-state index contributed by atoms with van der Waals surface area (Å²) in [5.74, 6) is 0.242. The van der Waals surface area contributed by atoms with Gasteiger partial charge in [-0.15, -0.1) is 0 Å². The summed E-state index contributed by atoms with van der Waals surface area (Å²) in [7, 11) is 1.42. The Morgan fingerprint density at radius 1 is 1.16 bits per heavy atom. The van der Waals surface area contributed by atoms with E-state index in [9.17, 15) is 9.90 Å². The molecule has 0 fully saturated rings. The minimum absolute atomic E-state index is 0.0840. The number of carbonyl (C=O) groups excluding carboxylic acids is 1. The fourth-order valence-corrected chi connectivity index (χ4v) is 3.34. The number of carbonyl (C=O) groups is 1. The summed E-state index contributed by atoms with van der Waals surface area (Å²) in [6.45, 7) is 7.36. The summed E-state index contributed by atoms with van der Waals surface area (Å²) in [5.41, 5.74) is 0.119. The highest BCUT2D eigenvalue weighted by Gasteiger charge is 2.28. The molecule has 1 aromatic carbocycles. The summed E-state index contributed by atoms with van der Waals surface area (Å²) in [6, 6.07) is 7.74. The van der Waals surface area contributed by atoms with Crippen LogP contribution in [0.15, 0.2) is 36.5 Å². The van der Waals surface area contributed by atoms with Crippen LogP contribution in [0.1, 0.15) is 33.4 Å². The van der Waals surface area contributed by atoms with Crippen LogP contribution in [0.25, 0.3) is 0 Å². The molecule has 0 aliphatic rings. The minimum atomic E-state index is -0.773. The van der Waals surface area contributed by atoms with Crippen LogP contribution in [0.2, 0.25) is 5.02 Å². The van der Waals surface area contributed by atoms with Crippen LogP contribution in [-0.4, -0.2) is 46.4 Å². The largest absolute Gasteiger partial charge is 0.503 e. The van der Waals surface area contributed by atoms with Crippen LogP contribution >= 0.6 is 23.8 Å². The van der Waals surface area contributed by atoms with Crippen molar-refractivity contribution in [2.45, 2.75) is 45.9 Å². The van der Waals surface area contributed by atoms with Crippen molar-refractivity contribution in [3.8, 4) is 17.2 Å². The molecule has 0 bridgehead atoms. The molecule has 168 valence electrons. The predicted octanol–water partition coefficient (Wildman–Crippen LogP) is 4.14. The molecule has 1 aromatic heterocycles. The zero-order valence-corrected chi connectivity index (χ0v) is 19.7. The first-order chi connectivity index (χ1) is 14.6. The number of methoxy groups -OCH3 is 1. The zero-order chi connectivity index (χ0) is 23.1. The van der Waals surface area contributed by atoms with Gasteiger partial charge in [0, 0.05) is 17.3 Å². The number of nitrogens with one attached hydrogen (secondary N) is 1. The molecular formula is C22H27ClN2O5S. The van der Waals surface area contributed by atoms with E-state index in [1.165, 1.54) is 19.4 Å². The van der Waals surface area contributed by atoms with Crippen LogP contribution in [0, 0.1) is 5.92 Å². The Bertz CT molecular complexity index is 907. The molecular weight excluding hydrogens is 440 g/mol. The van der Waals surface area contributed by atoms with Gasteiger partial charge in [-0.3, -0.25) is 0 Å². The van der Waals surface area contributed by atoms with Crippen molar-refractivity contribution in [1.82, 2.24) is 10.3 Å². The highest BCUT2D eigenvalue weighted by molar-refractivity contribution is 7.80. The molecule has 7 nitrogen and oxygen atoms in total. The first-order valence-electron chi connectivity index (χ1n) is 9.79. The number of hydrogen-bond donors (Lipinski definition) is 2. The second-order valence-corrected chi connectivity index (χ2v) is 8.17. The van der Waals surface area contributed by atoms with Gasteiger partial charge in [0.25, 0.3) is 0 Å². The van der Waals surface area contributed by atoms with Crippen LogP contribution in [-0.2, 0) is 9.53 Å². The first-order valence-corrected chi connectivity index (χ1v) is 10.6. The van der Waals surface area contributed by atoms with Gasteiger partial charge in [0.15, 0.2) is 11.5 Å². The molecule has 0 aliphatic heterocycles. The van der Waals surface area contributed by atoms with Crippen molar-refractivity contribution in [2.24, 2.45) is 5.92 Å². The number of thiocarbonyl (C=S) groups is 1. The molecule has 0 radical (unpaired) electrons. The Kier molecular flexibility index (Phi) is 8.88. The van der Waals surface area contributed by atoms with Crippen molar-refractivity contribution >= 4 is 34.8 Å². The van der Waals surface area contributed by atoms with Crippen LogP contribution in [0.5, 0.6) is 17.2 Å². The smallest absolute Gasteiger partial charge is 0.328 e. The molecule has 0 amide bonds. The van der Waals surface area contributed by atoms with E-state index in [2.05, 4.69) is 10.3 Å². The minimum Gasteiger partial charge on any atom is -0.503 e. The maximum absolute atomic E-state index is 12.6. The molecule has 31 heavy (non-hydrogen) atoms. The van der Waals surface area contributed by atoms with Crippen molar-refractivity contribution in [1.29, 1.82) is 0 Å².